The zero-order valence-electron chi connectivity index (χ0n) is 17.5. The molecule has 2 atom stereocenters. The molecule has 1 heterocycles. The van der Waals surface area contributed by atoms with Gasteiger partial charge in [0, 0.05) is 15.7 Å². The van der Waals surface area contributed by atoms with Crippen LogP contribution < -0.4 is 0 Å². The second-order valence-corrected chi connectivity index (χ2v) is 9.28. The van der Waals surface area contributed by atoms with E-state index in [9.17, 15) is 4.39 Å². The molecule has 0 aliphatic carbocycles. The van der Waals surface area contributed by atoms with E-state index in [-0.39, 0.29) is 0 Å². The van der Waals surface area contributed by atoms with Crippen LogP contribution in [0.2, 0.25) is 0 Å². The van der Waals surface area contributed by atoms with Crippen molar-refractivity contribution in [1.29, 1.82) is 0 Å². The van der Waals surface area contributed by atoms with E-state index in [2.05, 4.69) is 94.8 Å². The topological polar surface area (TPSA) is 12.9 Å². The maximum absolute atomic E-state index is 12.9. The van der Waals surface area contributed by atoms with Gasteiger partial charge in [0.25, 0.3) is 0 Å². The maximum Gasteiger partial charge on any atom is 0.0973 e. The number of nitrogens with zero attached hydrogens (tertiary/aromatic N) is 1. The first-order valence-corrected chi connectivity index (χ1v) is 11.9. The molecule has 0 fully saturated rings. The third kappa shape index (κ3) is 6.49. The van der Waals surface area contributed by atoms with Crippen molar-refractivity contribution < 1.29 is 4.39 Å². The summed E-state index contributed by atoms with van der Waals surface area (Å²) < 4.78 is 13.3. The summed E-state index contributed by atoms with van der Waals surface area (Å²) in [5.74, 6) is 0. The summed E-state index contributed by atoms with van der Waals surface area (Å²) >= 11 is 2.47. The molecule has 2 aromatic carbocycles. The zero-order chi connectivity index (χ0) is 21.3. The molecule has 1 nitrogen and oxygen atoms in total. The Morgan fingerprint density at radius 3 is 2.07 bits per heavy atom. The predicted molar refractivity (Wildman–Crippen MR) is 135 cm³/mol. The number of hydrogen-bond acceptors (Lipinski definition) is 1. The van der Waals surface area contributed by atoms with Gasteiger partial charge in [-0.05, 0) is 54.5 Å². The van der Waals surface area contributed by atoms with Crippen molar-refractivity contribution in [2.75, 3.05) is 0 Å². The SMILES string of the molecule is C=CCc1ccc(-c2ccc(-c3ccc(C(I)CCCCC(C)F)cn3)cc2)cc1. The van der Waals surface area contributed by atoms with Crippen LogP contribution in [0.25, 0.3) is 22.4 Å². The Bertz CT molecular complexity index is 915. The number of benzene rings is 2. The highest BCUT2D eigenvalue weighted by Gasteiger charge is 2.09. The van der Waals surface area contributed by atoms with Gasteiger partial charge in [-0.25, -0.2) is 4.39 Å². The number of unbranched alkanes of at least 4 members (excludes halogenated alkanes) is 1. The molecule has 0 aliphatic rings. The normalized spacial score (nSPS) is 13.0. The third-order valence-electron chi connectivity index (χ3n) is 5.31. The molecular weight excluding hydrogens is 484 g/mol. The number of halogens is 2. The van der Waals surface area contributed by atoms with Crippen molar-refractivity contribution in [3.05, 3.63) is 90.6 Å². The fourth-order valence-corrected chi connectivity index (χ4v) is 4.32. The smallest absolute Gasteiger partial charge is 0.0973 e. The molecule has 156 valence electrons. The van der Waals surface area contributed by atoms with Gasteiger partial charge in [-0.1, -0.05) is 96.1 Å². The minimum atomic E-state index is -0.693. The Balaban J connectivity index is 1.61. The largest absolute Gasteiger partial charge is 0.256 e. The highest BCUT2D eigenvalue weighted by Crippen LogP contribution is 2.30. The third-order valence-corrected chi connectivity index (χ3v) is 6.65. The van der Waals surface area contributed by atoms with Gasteiger partial charge >= 0.3 is 0 Å². The van der Waals surface area contributed by atoms with Crippen molar-refractivity contribution in [3.8, 4) is 22.4 Å². The highest BCUT2D eigenvalue weighted by molar-refractivity contribution is 14.1. The standard InChI is InChI=1S/C27H29FIN/c1-3-6-21-9-11-22(12-10-21)23-13-15-24(16-14-23)27-18-17-25(19-30-27)26(29)8-5-4-7-20(2)28/h3,9-20,26H,1,4-8H2,2H3. The van der Waals surface area contributed by atoms with Crippen LogP contribution in [0.5, 0.6) is 0 Å². The van der Waals surface area contributed by atoms with E-state index in [1.54, 1.807) is 6.92 Å². The van der Waals surface area contributed by atoms with Crippen molar-refractivity contribution in [1.82, 2.24) is 4.98 Å². The summed E-state index contributed by atoms with van der Waals surface area (Å²) in [6.45, 7) is 5.43. The number of rotatable bonds is 10. The van der Waals surface area contributed by atoms with Gasteiger partial charge in [-0.2, -0.15) is 0 Å². The molecule has 0 aliphatic heterocycles. The molecule has 30 heavy (non-hydrogen) atoms. The van der Waals surface area contributed by atoms with Crippen molar-refractivity contribution in [2.24, 2.45) is 0 Å². The molecular formula is C27H29FIN. The summed E-state index contributed by atoms with van der Waals surface area (Å²) in [6.07, 6.45) is 7.85. The molecule has 3 heteroatoms. The fourth-order valence-electron chi connectivity index (χ4n) is 3.51. The van der Waals surface area contributed by atoms with E-state index >= 15 is 0 Å². The second-order valence-electron chi connectivity index (χ2n) is 7.78. The molecule has 0 saturated heterocycles. The monoisotopic (exact) mass is 513 g/mol. The molecule has 0 amide bonds. The quantitative estimate of drug-likeness (QED) is 0.115. The van der Waals surface area contributed by atoms with Gasteiger partial charge < -0.3 is 0 Å². The molecule has 0 N–H and O–H groups in total. The Morgan fingerprint density at radius 2 is 1.50 bits per heavy atom. The van der Waals surface area contributed by atoms with Crippen LogP contribution >= 0.6 is 22.6 Å². The molecule has 0 spiro atoms. The van der Waals surface area contributed by atoms with Gasteiger partial charge in [0.05, 0.1) is 11.9 Å². The number of pyridine rings is 1. The lowest BCUT2D eigenvalue weighted by molar-refractivity contribution is 0.330. The first kappa shape index (κ1) is 22.7. The van der Waals surface area contributed by atoms with Crippen LogP contribution in [0.1, 0.15) is 47.7 Å². The fraction of sp³-hybridized carbons (Fsp3) is 0.296. The number of alkyl halides is 2. The molecule has 0 radical (unpaired) electrons. The first-order valence-electron chi connectivity index (χ1n) is 10.6. The zero-order valence-corrected chi connectivity index (χ0v) is 19.7. The Kier molecular flexibility index (Phi) is 8.61. The van der Waals surface area contributed by atoms with Gasteiger partial charge in [0.15, 0.2) is 0 Å². The number of hydrogen-bond donors (Lipinski definition) is 0. The lowest BCUT2D eigenvalue weighted by Gasteiger charge is -2.11. The van der Waals surface area contributed by atoms with Crippen LogP contribution in [0, 0.1) is 0 Å². The van der Waals surface area contributed by atoms with Crippen LogP contribution in [0.4, 0.5) is 4.39 Å². The highest BCUT2D eigenvalue weighted by atomic mass is 127. The maximum atomic E-state index is 12.9. The predicted octanol–water partition coefficient (Wildman–Crippen LogP) is 8.54. The van der Waals surface area contributed by atoms with E-state index in [4.69, 9.17) is 0 Å². The minimum Gasteiger partial charge on any atom is -0.256 e. The van der Waals surface area contributed by atoms with Crippen LogP contribution in [-0.2, 0) is 6.42 Å². The van der Waals surface area contributed by atoms with E-state index in [0.29, 0.717) is 10.3 Å². The molecule has 1 aromatic heterocycles. The van der Waals surface area contributed by atoms with Crippen LogP contribution in [0.15, 0.2) is 79.5 Å². The lowest BCUT2D eigenvalue weighted by Crippen LogP contribution is -1.95. The van der Waals surface area contributed by atoms with Gasteiger partial charge in [-0.15, -0.1) is 6.58 Å². The van der Waals surface area contributed by atoms with Gasteiger partial charge in [0.2, 0.25) is 0 Å². The number of aromatic nitrogens is 1. The average Bonchev–Trinajstić information content (AvgIpc) is 2.77. The average molecular weight is 513 g/mol. The molecule has 3 aromatic rings. The molecule has 3 rings (SSSR count). The first-order chi connectivity index (χ1) is 14.6. The van der Waals surface area contributed by atoms with E-state index in [1.165, 1.54) is 22.3 Å². The van der Waals surface area contributed by atoms with E-state index in [0.717, 1.165) is 36.9 Å². The lowest BCUT2D eigenvalue weighted by atomic mass is 10.0. The van der Waals surface area contributed by atoms with E-state index in [1.807, 2.05) is 12.3 Å². The Morgan fingerprint density at radius 1 is 0.900 bits per heavy atom. The van der Waals surface area contributed by atoms with Crippen LogP contribution in [0.3, 0.4) is 0 Å². The molecule has 0 saturated carbocycles. The van der Waals surface area contributed by atoms with Gasteiger partial charge in [0.1, 0.15) is 0 Å². The van der Waals surface area contributed by atoms with E-state index < -0.39 is 6.17 Å². The van der Waals surface area contributed by atoms with Crippen LogP contribution in [-0.4, -0.2) is 11.2 Å². The summed E-state index contributed by atoms with van der Waals surface area (Å²) in [6, 6.07) is 21.5. The van der Waals surface area contributed by atoms with Gasteiger partial charge in [-0.3, -0.25) is 4.98 Å². The van der Waals surface area contributed by atoms with Crippen molar-refractivity contribution >= 4 is 22.6 Å². The summed E-state index contributed by atoms with van der Waals surface area (Å²) in [4.78, 5) is 4.69. The Labute approximate surface area is 193 Å². The van der Waals surface area contributed by atoms with Crippen molar-refractivity contribution in [3.63, 3.8) is 0 Å². The second kappa shape index (κ2) is 11.4. The summed E-state index contributed by atoms with van der Waals surface area (Å²) in [5, 5.41) is 0. The Hall–Kier alpha value is -2.01. The molecule has 2 unspecified atom stereocenters. The molecule has 0 bridgehead atoms. The summed E-state index contributed by atoms with van der Waals surface area (Å²) in [7, 11) is 0. The summed E-state index contributed by atoms with van der Waals surface area (Å²) in [5.41, 5.74) is 7.05. The number of allylic oxidation sites excluding steroid dienone is 1. The minimum absolute atomic E-state index is 0.422. The van der Waals surface area contributed by atoms with Crippen molar-refractivity contribution in [2.45, 2.75) is 49.1 Å².